The Morgan fingerprint density at radius 1 is 0.932 bits per heavy atom. The number of ether oxygens (including phenoxy) is 7. The van der Waals surface area contributed by atoms with Gasteiger partial charge in [0, 0.05) is 58.5 Å². The Morgan fingerprint density at radius 3 is 2.34 bits per heavy atom. The molecule has 13 nitrogen and oxygen atoms in total. The van der Waals surface area contributed by atoms with E-state index in [1.54, 1.807) is 26.1 Å². The number of Topliss-reactive ketones (excluding diaryl/α,β-unsaturated/α-hetero) is 1. The lowest BCUT2D eigenvalue weighted by molar-refractivity contribution is -0.311. The number of carbonyl (C=O) groups excluding carboxylic acids is 3. The number of rotatable bonds is 11. The monoisotopic (exact) mass is 829 g/mol. The van der Waals surface area contributed by atoms with Crippen LogP contribution in [0.25, 0.3) is 0 Å². The topological polar surface area (TPSA) is 143 Å². The molecule has 0 aromatic carbocycles. The molecule has 0 spiro atoms. The van der Waals surface area contributed by atoms with Gasteiger partial charge in [-0.05, 0) is 109 Å². The highest BCUT2D eigenvalue weighted by atomic mass is 16.7. The molecule has 0 bridgehead atoms. The van der Waals surface area contributed by atoms with Gasteiger partial charge in [0.1, 0.15) is 24.4 Å². The second-order valence-corrected chi connectivity index (χ2v) is 18.5. The average molecular weight is 829 g/mol. The highest BCUT2D eigenvalue weighted by Crippen LogP contribution is 2.54. The summed E-state index contributed by atoms with van der Waals surface area (Å²) < 4.78 is 43.6. The summed E-state index contributed by atoms with van der Waals surface area (Å²) in [6, 6.07) is 0.286. The Labute approximate surface area is 352 Å². The van der Waals surface area contributed by atoms with Gasteiger partial charge in [-0.15, -0.1) is 0 Å². The van der Waals surface area contributed by atoms with E-state index in [4.69, 9.17) is 33.2 Å². The summed E-state index contributed by atoms with van der Waals surface area (Å²) in [5.41, 5.74) is 0.681. The summed E-state index contributed by atoms with van der Waals surface area (Å²) in [6.07, 6.45) is 10.9. The van der Waals surface area contributed by atoms with Gasteiger partial charge >= 0.3 is 5.97 Å². The summed E-state index contributed by atoms with van der Waals surface area (Å²) in [6.45, 7) is 7.84. The molecule has 4 fully saturated rings. The molecular formula is C46H72N2O11. The van der Waals surface area contributed by atoms with Gasteiger partial charge in [-0.3, -0.25) is 14.4 Å². The number of hydrogen-bond donors (Lipinski definition) is 1. The fraction of sp³-hybridized carbons (Fsp3) is 0.804. The van der Waals surface area contributed by atoms with Crippen LogP contribution in [0.5, 0.6) is 0 Å². The minimum absolute atomic E-state index is 0.0164. The van der Waals surface area contributed by atoms with Crippen molar-refractivity contribution < 1.29 is 52.6 Å². The molecule has 3 aliphatic heterocycles. The lowest BCUT2D eigenvalue weighted by atomic mass is 9.70. The van der Waals surface area contributed by atoms with Crippen molar-refractivity contribution in [1.29, 1.82) is 0 Å². The van der Waals surface area contributed by atoms with Crippen LogP contribution in [0.3, 0.4) is 0 Å². The molecule has 332 valence electrons. The molecule has 13 heteroatoms. The molecular weight excluding hydrogens is 757 g/mol. The average Bonchev–Trinajstić information content (AvgIpc) is 3.76. The standard InChI is InChI=1S/C46H72N2O11/c1-11-13-29(21-39(49)48(7)8)38-15-12-14-37(59-41-19-18-36(47(5)6)26(3)55-41)25(2)42(51)35-23-33-31(34(35)24-40(50)58-38)17-16-28-20-30(22-32(28)33)57-46-45(54-10)43(52)44(53-9)27(4)56-46/h11,13,16-17,23,25-34,36-38,41,43-46,52H,12,14-15,18-22,24H2,1-10H3/b13-11+/t25-,26-,27+,28?,29?,30?,31-,32?,33?,34?,36+,37+,38-,41?,43-,44+,45-,46+/m1/s1. The summed E-state index contributed by atoms with van der Waals surface area (Å²) >= 11 is 0. The van der Waals surface area contributed by atoms with Gasteiger partial charge in [0.15, 0.2) is 18.4 Å². The van der Waals surface area contributed by atoms with Crippen LogP contribution in [0.2, 0.25) is 0 Å². The van der Waals surface area contributed by atoms with Crippen LogP contribution < -0.4 is 0 Å². The molecule has 3 saturated heterocycles. The summed E-state index contributed by atoms with van der Waals surface area (Å²) in [5, 5.41) is 11.0. The fourth-order valence-corrected chi connectivity index (χ4v) is 11.1. The Hall–Kier alpha value is -2.49. The minimum Gasteiger partial charge on any atom is -0.462 e. The molecule has 0 aromatic rings. The normalized spacial score (nSPS) is 42.3. The van der Waals surface area contributed by atoms with Crippen molar-refractivity contribution in [1.82, 2.24) is 9.80 Å². The zero-order valence-corrected chi connectivity index (χ0v) is 37.1. The minimum atomic E-state index is -0.909. The lowest BCUT2D eigenvalue weighted by Gasteiger charge is -2.42. The maximum Gasteiger partial charge on any atom is 0.306 e. The molecule has 1 saturated carbocycles. The van der Waals surface area contributed by atoms with Crippen LogP contribution in [0.4, 0.5) is 0 Å². The quantitative estimate of drug-likeness (QED) is 0.219. The highest BCUT2D eigenvalue weighted by molar-refractivity contribution is 5.99. The van der Waals surface area contributed by atoms with Crippen LogP contribution >= 0.6 is 0 Å². The molecule has 18 atom stereocenters. The van der Waals surface area contributed by atoms with E-state index < -0.39 is 49.0 Å². The number of nitrogens with zero attached hydrogens (tertiary/aromatic N) is 2. The van der Waals surface area contributed by atoms with Crippen LogP contribution in [-0.4, -0.2) is 142 Å². The van der Waals surface area contributed by atoms with Gasteiger partial charge in [0.05, 0.1) is 30.8 Å². The molecule has 6 rings (SSSR count). The van der Waals surface area contributed by atoms with Gasteiger partial charge < -0.3 is 48.1 Å². The van der Waals surface area contributed by atoms with Crippen LogP contribution in [0.15, 0.2) is 36.0 Å². The number of aliphatic hydroxyl groups is 1. The third-order valence-electron chi connectivity index (χ3n) is 14.3. The third-order valence-corrected chi connectivity index (χ3v) is 14.3. The zero-order valence-electron chi connectivity index (χ0n) is 37.1. The summed E-state index contributed by atoms with van der Waals surface area (Å²) in [4.78, 5) is 45.8. The fourth-order valence-electron chi connectivity index (χ4n) is 11.1. The second-order valence-electron chi connectivity index (χ2n) is 18.5. The molecule has 7 unspecified atom stereocenters. The summed E-state index contributed by atoms with van der Waals surface area (Å²) in [7, 11) is 10.7. The molecule has 0 radical (unpaired) electrons. The van der Waals surface area contributed by atoms with Gasteiger partial charge in [-0.25, -0.2) is 0 Å². The van der Waals surface area contributed by atoms with E-state index in [2.05, 4.69) is 44.1 Å². The molecule has 3 aliphatic carbocycles. The van der Waals surface area contributed by atoms with Gasteiger partial charge in [-0.2, -0.15) is 0 Å². The number of allylic oxidation sites excluding steroid dienone is 5. The predicted molar refractivity (Wildman–Crippen MR) is 221 cm³/mol. The number of methoxy groups -OCH3 is 2. The van der Waals surface area contributed by atoms with Gasteiger partial charge in [-0.1, -0.05) is 37.3 Å². The van der Waals surface area contributed by atoms with Gasteiger partial charge in [0.2, 0.25) is 5.91 Å². The first kappa shape index (κ1) is 46.0. The van der Waals surface area contributed by atoms with E-state index in [1.807, 2.05) is 32.9 Å². The van der Waals surface area contributed by atoms with Gasteiger partial charge in [0.25, 0.3) is 0 Å². The second kappa shape index (κ2) is 20.1. The van der Waals surface area contributed by atoms with Crippen LogP contribution in [-0.2, 0) is 47.5 Å². The van der Waals surface area contributed by atoms with Crippen molar-refractivity contribution in [3.8, 4) is 0 Å². The molecule has 6 aliphatic rings. The first-order chi connectivity index (χ1) is 28.1. The third kappa shape index (κ3) is 10.3. The number of aliphatic hydroxyl groups excluding tert-OH is 1. The van der Waals surface area contributed by atoms with Crippen molar-refractivity contribution in [2.45, 2.75) is 153 Å². The Bertz CT molecular complexity index is 1550. The maximum atomic E-state index is 14.9. The largest absolute Gasteiger partial charge is 0.462 e. The van der Waals surface area contributed by atoms with E-state index in [-0.39, 0.29) is 90.4 Å². The van der Waals surface area contributed by atoms with E-state index in [9.17, 15) is 19.5 Å². The molecule has 59 heavy (non-hydrogen) atoms. The van der Waals surface area contributed by atoms with Crippen molar-refractivity contribution in [2.24, 2.45) is 41.4 Å². The lowest BCUT2D eigenvalue weighted by Crippen LogP contribution is -2.59. The number of fused-ring (bicyclic) bond motifs is 5. The van der Waals surface area contributed by atoms with Crippen molar-refractivity contribution in [3.05, 3.63) is 36.0 Å². The number of hydrogen-bond acceptors (Lipinski definition) is 12. The maximum absolute atomic E-state index is 14.9. The predicted octanol–water partition coefficient (Wildman–Crippen LogP) is 5.09. The molecule has 3 heterocycles. The Kier molecular flexibility index (Phi) is 15.7. The Balaban J connectivity index is 1.26. The highest BCUT2D eigenvalue weighted by Gasteiger charge is 2.52. The van der Waals surface area contributed by atoms with E-state index in [1.165, 1.54) is 7.11 Å². The number of amides is 1. The van der Waals surface area contributed by atoms with Crippen LogP contribution in [0.1, 0.15) is 85.5 Å². The van der Waals surface area contributed by atoms with Crippen molar-refractivity contribution >= 4 is 17.7 Å². The first-order valence-electron chi connectivity index (χ1n) is 22.1. The molecule has 1 N–H and O–H groups in total. The molecule has 1 amide bonds. The Morgan fingerprint density at radius 2 is 1.68 bits per heavy atom. The number of esters is 1. The van der Waals surface area contributed by atoms with Crippen LogP contribution in [0, 0.1) is 41.4 Å². The number of cyclic esters (lactones) is 1. The smallest absolute Gasteiger partial charge is 0.306 e. The number of likely N-dealkylation sites (N-methyl/N-ethyl adjacent to an activating group) is 1. The van der Waals surface area contributed by atoms with Crippen molar-refractivity contribution in [2.75, 3.05) is 42.4 Å². The van der Waals surface area contributed by atoms with E-state index in [0.717, 1.165) is 25.7 Å². The van der Waals surface area contributed by atoms with E-state index >= 15 is 0 Å². The van der Waals surface area contributed by atoms with E-state index in [0.29, 0.717) is 24.8 Å². The zero-order chi connectivity index (χ0) is 42.7. The first-order valence-corrected chi connectivity index (χ1v) is 22.1. The molecule has 0 aromatic heterocycles. The summed E-state index contributed by atoms with van der Waals surface area (Å²) in [5.74, 6) is -1.14. The SMILES string of the molecule is C/C=C/C(CC(=O)N(C)C)[C@H]1CCC[C@H](OC2CC[C@H](N(C)C)[C@@H](C)O2)[C@@H](C)C(=O)C2=CC3C4CC(O[C@@H]5O[C@@H](C)[C@H](OC)[C@@H](O)[C@H]5OC)CC4C=C[C@H]3C2CC(=O)O1. The number of carbonyl (C=O) groups is 3. The number of ketones is 1. The van der Waals surface area contributed by atoms with Crippen molar-refractivity contribution in [3.63, 3.8) is 0 Å².